The van der Waals surface area contributed by atoms with E-state index in [0.717, 1.165) is 11.8 Å². The van der Waals surface area contributed by atoms with Crippen LogP contribution in [-0.4, -0.2) is 112 Å². The van der Waals surface area contributed by atoms with Crippen molar-refractivity contribution in [3.8, 4) is 11.5 Å². The maximum atomic E-state index is 11.9. The molecule has 0 saturated carbocycles. The van der Waals surface area contributed by atoms with Crippen molar-refractivity contribution in [2.24, 2.45) is 0 Å². The number of ether oxygens (including phenoxy) is 9. The number of hydrogen-bond donors (Lipinski definition) is 0. The van der Waals surface area contributed by atoms with Crippen LogP contribution in [0, 0.1) is 0 Å². The minimum absolute atomic E-state index is 0.0751. The fourth-order valence-corrected chi connectivity index (χ4v) is 3.28. The van der Waals surface area contributed by atoms with Gasteiger partial charge in [-0.1, -0.05) is 30.3 Å². The standard InChI is InChI=1S/C30H41F3O10/c31-30(32,33)25-41-19-18-39-15-14-37-11-10-35-8-9-36-12-13-38-16-17-40-20-21-42-29-22-27(23-34)6-7-28(29)43-24-26-4-2-1-3-5-26/h1-7,22-23H,8-21,24-25H2. The van der Waals surface area contributed by atoms with Crippen molar-refractivity contribution in [2.45, 2.75) is 12.8 Å². The van der Waals surface area contributed by atoms with E-state index in [1.807, 2.05) is 30.3 Å². The summed E-state index contributed by atoms with van der Waals surface area (Å²) in [6.45, 7) is 3.52. The van der Waals surface area contributed by atoms with E-state index >= 15 is 0 Å². The van der Waals surface area contributed by atoms with Crippen molar-refractivity contribution in [2.75, 3.05) is 99.1 Å². The average molecular weight is 619 g/mol. The second-order valence-corrected chi connectivity index (χ2v) is 8.79. The minimum atomic E-state index is -4.32. The summed E-state index contributed by atoms with van der Waals surface area (Å²) in [6.07, 6.45) is -3.57. The summed E-state index contributed by atoms with van der Waals surface area (Å²) in [5, 5.41) is 0. The molecule has 242 valence electrons. The van der Waals surface area contributed by atoms with E-state index in [1.54, 1.807) is 18.2 Å². The molecule has 0 amide bonds. The van der Waals surface area contributed by atoms with Gasteiger partial charge in [0, 0.05) is 5.56 Å². The Morgan fingerprint density at radius 1 is 0.535 bits per heavy atom. The van der Waals surface area contributed by atoms with Crippen molar-refractivity contribution in [1.82, 2.24) is 0 Å². The lowest BCUT2D eigenvalue weighted by atomic mass is 10.2. The molecule has 2 aromatic carbocycles. The minimum Gasteiger partial charge on any atom is -0.487 e. The first-order chi connectivity index (χ1) is 21.0. The number of halogens is 3. The van der Waals surface area contributed by atoms with Crippen LogP contribution in [0.25, 0.3) is 0 Å². The number of aldehydes is 1. The van der Waals surface area contributed by atoms with Gasteiger partial charge in [-0.2, -0.15) is 13.2 Å². The molecule has 2 rings (SSSR count). The highest BCUT2D eigenvalue weighted by Gasteiger charge is 2.27. The molecule has 0 N–H and O–H groups in total. The molecular formula is C30H41F3O10. The molecule has 0 radical (unpaired) electrons. The highest BCUT2D eigenvalue weighted by atomic mass is 19.4. The predicted molar refractivity (Wildman–Crippen MR) is 150 cm³/mol. The lowest BCUT2D eigenvalue weighted by Crippen LogP contribution is -2.19. The smallest absolute Gasteiger partial charge is 0.411 e. The van der Waals surface area contributed by atoms with Gasteiger partial charge in [-0.25, -0.2) is 0 Å². The van der Waals surface area contributed by atoms with Crippen LogP contribution in [0.5, 0.6) is 11.5 Å². The third-order valence-electron chi connectivity index (χ3n) is 5.32. The first-order valence-corrected chi connectivity index (χ1v) is 14.0. The average Bonchev–Trinajstić information content (AvgIpc) is 3.00. The van der Waals surface area contributed by atoms with Crippen LogP contribution in [-0.2, 0) is 39.8 Å². The van der Waals surface area contributed by atoms with Gasteiger partial charge >= 0.3 is 6.18 Å². The van der Waals surface area contributed by atoms with Crippen LogP contribution in [0.3, 0.4) is 0 Å². The van der Waals surface area contributed by atoms with Gasteiger partial charge in [0.15, 0.2) is 11.5 Å². The first kappa shape index (κ1) is 36.4. The van der Waals surface area contributed by atoms with Gasteiger partial charge in [0.05, 0.1) is 85.9 Å². The highest BCUT2D eigenvalue weighted by molar-refractivity contribution is 5.76. The Morgan fingerprint density at radius 2 is 1.00 bits per heavy atom. The molecule has 43 heavy (non-hydrogen) atoms. The fourth-order valence-electron chi connectivity index (χ4n) is 3.28. The third kappa shape index (κ3) is 19.9. The zero-order valence-corrected chi connectivity index (χ0v) is 24.2. The molecule has 2 aromatic rings. The molecule has 0 saturated heterocycles. The lowest BCUT2D eigenvalue weighted by molar-refractivity contribution is -0.176. The summed E-state index contributed by atoms with van der Waals surface area (Å²) in [5.41, 5.74) is 1.52. The van der Waals surface area contributed by atoms with Crippen LogP contribution in [0.4, 0.5) is 13.2 Å². The molecule has 0 aliphatic heterocycles. The Bertz CT molecular complexity index is 963. The van der Waals surface area contributed by atoms with E-state index in [1.165, 1.54) is 0 Å². The molecule has 0 spiro atoms. The van der Waals surface area contributed by atoms with Crippen LogP contribution in [0.2, 0.25) is 0 Å². The first-order valence-electron chi connectivity index (χ1n) is 14.0. The van der Waals surface area contributed by atoms with E-state index in [0.29, 0.717) is 89.7 Å². The maximum absolute atomic E-state index is 11.9. The van der Waals surface area contributed by atoms with Gasteiger partial charge in [-0.05, 0) is 23.8 Å². The topological polar surface area (TPSA) is 100 Å². The number of rotatable bonds is 27. The number of benzene rings is 2. The normalized spacial score (nSPS) is 11.5. The maximum Gasteiger partial charge on any atom is 0.411 e. The van der Waals surface area contributed by atoms with E-state index < -0.39 is 12.8 Å². The number of carbonyl (C=O) groups is 1. The Hall–Kier alpha value is -2.78. The van der Waals surface area contributed by atoms with Gasteiger partial charge in [-0.3, -0.25) is 4.79 Å². The summed E-state index contributed by atoms with van der Waals surface area (Å²) in [6, 6.07) is 14.8. The van der Waals surface area contributed by atoms with Crippen LogP contribution < -0.4 is 9.47 Å². The van der Waals surface area contributed by atoms with Crippen LogP contribution in [0.15, 0.2) is 48.5 Å². The van der Waals surface area contributed by atoms with E-state index in [9.17, 15) is 18.0 Å². The molecule has 0 heterocycles. The molecule has 0 fully saturated rings. The largest absolute Gasteiger partial charge is 0.487 e. The highest BCUT2D eigenvalue weighted by Crippen LogP contribution is 2.29. The summed E-state index contributed by atoms with van der Waals surface area (Å²) >= 11 is 0. The van der Waals surface area contributed by atoms with Gasteiger partial charge in [0.25, 0.3) is 0 Å². The predicted octanol–water partition coefficient (Wildman–Crippen LogP) is 4.14. The SMILES string of the molecule is O=Cc1ccc(OCc2ccccc2)c(OCCOCCOCCOCCOCCOCCOCCOCC(F)(F)F)c1. The van der Waals surface area contributed by atoms with Crippen molar-refractivity contribution in [1.29, 1.82) is 0 Å². The summed E-state index contributed by atoms with van der Waals surface area (Å²) in [7, 11) is 0. The Morgan fingerprint density at radius 3 is 1.47 bits per heavy atom. The van der Waals surface area contributed by atoms with Crippen molar-refractivity contribution in [3.63, 3.8) is 0 Å². The van der Waals surface area contributed by atoms with E-state index in [-0.39, 0.29) is 26.4 Å². The van der Waals surface area contributed by atoms with E-state index in [2.05, 4.69) is 4.74 Å². The fraction of sp³-hybridized carbons (Fsp3) is 0.567. The van der Waals surface area contributed by atoms with E-state index in [4.69, 9.17) is 37.9 Å². The van der Waals surface area contributed by atoms with Crippen molar-refractivity contribution < 1.29 is 60.6 Å². The van der Waals surface area contributed by atoms with Crippen LogP contribution >= 0.6 is 0 Å². The van der Waals surface area contributed by atoms with Gasteiger partial charge < -0.3 is 42.6 Å². The monoisotopic (exact) mass is 618 g/mol. The molecule has 0 bridgehead atoms. The zero-order chi connectivity index (χ0) is 30.9. The Labute approximate surface area is 250 Å². The van der Waals surface area contributed by atoms with Gasteiger partial charge in [0.2, 0.25) is 0 Å². The molecule has 0 atom stereocenters. The summed E-state index contributed by atoms with van der Waals surface area (Å²) in [5.74, 6) is 1.03. The molecule has 0 aliphatic rings. The zero-order valence-electron chi connectivity index (χ0n) is 24.2. The molecule has 0 aromatic heterocycles. The number of carbonyl (C=O) groups excluding carboxylic acids is 1. The van der Waals surface area contributed by atoms with Crippen molar-refractivity contribution >= 4 is 6.29 Å². The summed E-state index contributed by atoms with van der Waals surface area (Å²) in [4.78, 5) is 11.2. The number of hydrogen-bond acceptors (Lipinski definition) is 10. The second kappa shape index (κ2) is 23.6. The van der Waals surface area contributed by atoms with Crippen molar-refractivity contribution in [3.05, 3.63) is 59.7 Å². The third-order valence-corrected chi connectivity index (χ3v) is 5.32. The molecule has 13 heteroatoms. The van der Waals surface area contributed by atoms with Crippen LogP contribution in [0.1, 0.15) is 15.9 Å². The number of alkyl halides is 3. The lowest BCUT2D eigenvalue weighted by Gasteiger charge is -2.14. The Balaban J connectivity index is 1.35. The molecule has 0 unspecified atom stereocenters. The van der Waals surface area contributed by atoms with Gasteiger partial charge in [-0.15, -0.1) is 0 Å². The quantitative estimate of drug-likeness (QED) is 0.107. The Kier molecular flexibility index (Phi) is 20.0. The molecule has 0 aliphatic carbocycles. The molecular weight excluding hydrogens is 577 g/mol. The molecule has 10 nitrogen and oxygen atoms in total. The van der Waals surface area contributed by atoms with Gasteiger partial charge in [0.1, 0.15) is 26.1 Å². The summed E-state index contributed by atoms with van der Waals surface area (Å²) < 4.78 is 84.0. The second-order valence-electron chi connectivity index (χ2n) is 8.79.